The van der Waals surface area contributed by atoms with Gasteiger partial charge in [-0.3, -0.25) is 0 Å². The normalized spacial score (nSPS) is 14.1. The Balaban J connectivity index is 2.76. The number of amidine groups is 1. The lowest BCUT2D eigenvalue weighted by molar-refractivity contribution is 0.316. The van der Waals surface area contributed by atoms with Crippen molar-refractivity contribution in [3.05, 3.63) is 24.3 Å². The molecule has 19 heavy (non-hydrogen) atoms. The standard InChI is InChI=1S/C12H19N3O3S/c1-3-9(8-12(13)15-16)14-10-4-6-11(7-5-10)19(2,17)18/h4-7,9,14,16H,3,8H2,1-2H3,(H2,13,15). The fraction of sp³-hybridized carbons (Fsp3) is 0.417. The van der Waals surface area contributed by atoms with E-state index in [-0.39, 0.29) is 16.8 Å². The molecule has 106 valence electrons. The predicted molar refractivity (Wildman–Crippen MR) is 75.3 cm³/mol. The van der Waals surface area contributed by atoms with Crippen LogP contribution in [0.4, 0.5) is 5.69 Å². The fourth-order valence-corrected chi connectivity index (χ4v) is 2.26. The van der Waals surface area contributed by atoms with Gasteiger partial charge in [0.05, 0.1) is 4.90 Å². The van der Waals surface area contributed by atoms with Crippen molar-refractivity contribution in [3.8, 4) is 0 Å². The highest BCUT2D eigenvalue weighted by atomic mass is 32.2. The molecule has 0 fully saturated rings. The topological polar surface area (TPSA) is 105 Å². The third-order valence-corrected chi connectivity index (χ3v) is 3.86. The highest BCUT2D eigenvalue weighted by Crippen LogP contribution is 2.16. The van der Waals surface area contributed by atoms with Gasteiger partial charge in [0.15, 0.2) is 9.84 Å². The monoisotopic (exact) mass is 285 g/mol. The van der Waals surface area contributed by atoms with Gasteiger partial charge < -0.3 is 16.3 Å². The molecule has 0 bridgehead atoms. The molecule has 6 nitrogen and oxygen atoms in total. The van der Waals surface area contributed by atoms with Gasteiger partial charge in [-0.15, -0.1) is 0 Å². The second-order valence-corrected chi connectivity index (χ2v) is 6.36. The SMILES string of the molecule is CCC(CC(N)=NO)Nc1ccc(S(C)(=O)=O)cc1. The second kappa shape index (κ2) is 6.42. The number of benzene rings is 1. The number of hydrogen-bond donors (Lipinski definition) is 3. The quantitative estimate of drug-likeness (QED) is 0.317. The molecule has 0 saturated carbocycles. The van der Waals surface area contributed by atoms with Crippen molar-refractivity contribution in [1.82, 2.24) is 0 Å². The van der Waals surface area contributed by atoms with Gasteiger partial charge in [-0.25, -0.2) is 8.42 Å². The van der Waals surface area contributed by atoms with E-state index >= 15 is 0 Å². The summed E-state index contributed by atoms with van der Waals surface area (Å²) < 4.78 is 22.7. The van der Waals surface area contributed by atoms with E-state index in [2.05, 4.69) is 10.5 Å². The van der Waals surface area contributed by atoms with Crippen molar-refractivity contribution in [3.63, 3.8) is 0 Å². The lowest BCUT2D eigenvalue weighted by Crippen LogP contribution is -2.26. The van der Waals surface area contributed by atoms with E-state index in [9.17, 15) is 8.42 Å². The zero-order valence-electron chi connectivity index (χ0n) is 11.0. The van der Waals surface area contributed by atoms with Crippen LogP contribution in [-0.2, 0) is 9.84 Å². The van der Waals surface area contributed by atoms with Gasteiger partial charge in [0.1, 0.15) is 5.84 Å². The Kier molecular flexibility index (Phi) is 5.17. The van der Waals surface area contributed by atoms with E-state index in [0.29, 0.717) is 6.42 Å². The summed E-state index contributed by atoms with van der Waals surface area (Å²) in [5.74, 6) is 0.159. The van der Waals surface area contributed by atoms with E-state index in [1.54, 1.807) is 24.3 Å². The zero-order valence-corrected chi connectivity index (χ0v) is 11.8. The van der Waals surface area contributed by atoms with Crippen LogP contribution in [0.3, 0.4) is 0 Å². The van der Waals surface area contributed by atoms with Gasteiger partial charge in [0, 0.05) is 24.4 Å². The molecule has 0 aromatic heterocycles. The molecular weight excluding hydrogens is 266 g/mol. The van der Waals surface area contributed by atoms with Gasteiger partial charge in [0.2, 0.25) is 0 Å². The Morgan fingerprint density at radius 2 is 2.00 bits per heavy atom. The Morgan fingerprint density at radius 1 is 1.42 bits per heavy atom. The van der Waals surface area contributed by atoms with E-state index < -0.39 is 9.84 Å². The average molecular weight is 285 g/mol. The molecular formula is C12H19N3O3S. The van der Waals surface area contributed by atoms with Crippen LogP contribution in [0.2, 0.25) is 0 Å². The Morgan fingerprint density at radius 3 is 2.42 bits per heavy atom. The maximum absolute atomic E-state index is 11.3. The van der Waals surface area contributed by atoms with Gasteiger partial charge in [0.25, 0.3) is 0 Å². The zero-order chi connectivity index (χ0) is 14.5. The number of hydrogen-bond acceptors (Lipinski definition) is 5. The van der Waals surface area contributed by atoms with Gasteiger partial charge in [-0.2, -0.15) is 0 Å². The summed E-state index contributed by atoms with van der Waals surface area (Å²) in [6.07, 6.45) is 2.38. The number of oxime groups is 1. The first-order valence-electron chi connectivity index (χ1n) is 5.90. The van der Waals surface area contributed by atoms with Crippen LogP contribution in [0.15, 0.2) is 34.3 Å². The largest absolute Gasteiger partial charge is 0.409 e. The second-order valence-electron chi connectivity index (χ2n) is 4.34. The minimum Gasteiger partial charge on any atom is -0.409 e. The van der Waals surface area contributed by atoms with E-state index in [0.717, 1.165) is 12.1 Å². The number of nitrogens with zero attached hydrogens (tertiary/aromatic N) is 1. The van der Waals surface area contributed by atoms with Crippen molar-refractivity contribution in [2.24, 2.45) is 10.9 Å². The molecule has 1 atom stereocenters. The molecule has 1 rings (SSSR count). The molecule has 0 amide bonds. The minimum absolute atomic E-state index is 0.0278. The van der Waals surface area contributed by atoms with Gasteiger partial charge in [-0.1, -0.05) is 12.1 Å². The molecule has 0 heterocycles. The van der Waals surface area contributed by atoms with Crippen LogP contribution in [0.25, 0.3) is 0 Å². The fourth-order valence-electron chi connectivity index (χ4n) is 1.62. The third kappa shape index (κ3) is 4.78. The van der Waals surface area contributed by atoms with E-state index in [4.69, 9.17) is 10.9 Å². The van der Waals surface area contributed by atoms with Gasteiger partial charge >= 0.3 is 0 Å². The smallest absolute Gasteiger partial charge is 0.175 e. The Hall–Kier alpha value is -1.76. The van der Waals surface area contributed by atoms with Crippen LogP contribution in [0.1, 0.15) is 19.8 Å². The number of anilines is 1. The highest BCUT2D eigenvalue weighted by Gasteiger charge is 2.10. The van der Waals surface area contributed by atoms with Crippen molar-refractivity contribution < 1.29 is 13.6 Å². The number of nitrogens with one attached hydrogen (secondary N) is 1. The molecule has 0 radical (unpaired) electrons. The number of nitrogens with two attached hydrogens (primary N) is 1. The number of sulfone groups is 1. The van der Waals surface area contributed by atoms with Crippen LogP contribution < -0.4 is 11.1 Å². The highest BCUT2D eigenvalue weighted by molar-refractivity contribution is 7.90. The van der Waals surface area contributed by atoms with Crippen molar-refractivity contribution in [2.75, 3.05) is 11.6 Å². The molecule has 1 aromatic rings. The Labute approximate surface area is 113 Å². The molecule has 0 saturated heterocycles. The first-order chi connectivity index (χ1) is 8.86. The molecule has 0 aliphatic carbocycles. The molecule has 0 aliphatic rings. The van der Waals surface area contributed by atoms with Gasteiger partial charge in [-0.05, 0) is 30.7 Å². The van der Waals surface area contributed by atoms with Crippen LogP contribution in [0.5, 0.6) is 0 Å². The molecule has 1 aromatic carbocycles. The lowest BCUT2D eigenvalue weighted by Gasteiger charge is -2.17. The van der Waals surface area contributed by atoms with Crippen LogP contribution in [-0.4, -0.2) is 31.8 Å². The average Bonchev–Trinajstić information content (AvgIpc) is 2.37. The maximum atomic E-state index is 11.3. The summed E-state index contributed by atoms with van der Waals surface area (Å²) in [7, 11) is -3.18. The molecule has 0 aliphatic heterocycles. The first-order valence-corrected chi connectivity index (χ1v) is 7.79. The summed E-state index contributed by atoms with van der Waals surface area (Å²) in [5, 5.41) is 14.7. The minimum atomic E-state index is -3.18. The van der Waals surface area contributed by atoms with Crippen molar-refractivity contribution in [2.45, 2.75) is 30.7 Å². The number of rotatable bonds is 6. The molecule has 0 spiro atoms. The summed E-state index contributed by atoms with van der Waals surface area (Å²) in [6, 6.07) is 6.53. The van der Waals surface area contributed by atoms with Crippen LogP contribution >= 0.6 is 0 Å². The predicted octanol–water partition coefficient (Wildman–Crippen LogP) is 1.42. The van der Waals surface area contributed by atoms with Crippen molar-refractivity contribution in [1.29, 1.82) is 0 Å². The van der Waals surface area contributed by atoms with Crippen molar-refractivity contribution >= 4 is 21.4 Å². The van der Waals surface area contributed by atoms with E-state index in [1.165, 1.54) is 6.26 Å². The maximum Gasteiger partial charge on any atom is 0.175 e. The summed E-state index contributed by atoms with van der Waals surface area (Å²) in [5.41, 5.74) is 6.26. The first kappa shape index (κ1) is 15.3. The van der Waals surface area contributed by atoms with Crippen LogP contribution in [0, 0.1) is 0 Å². The summed E-state index contributed by atoms with van der Waals surface area (Å²) in [6.45, 7) is 1.98. The third-order valence-electron chi connectivity index (χ3n) is 2.73. The molecule has 7 heteroatoms. The lowest BCUT2D eigenvalue weighted by atomic mass is 10.1. The molecule has 1 unspecified atom stereocenters. The summed E-state index contributed by atoms with van der Waals surface area (Å²) in [4.78, 5) is 0.280. The summed E-state index contributed by atoms with van der Waals surface area (Å²) >= 11 is 0. The van der Waals surface area contributed by atoms with E-state index in [1.807, 2.05) is 6.92 Å². The molecule has 4 N–H and O–H groups in total. The Bertz CT molecular complexity index is 538.